The maximum Gasteiger partial charge on any atom is 0.237 e. The van der Waals surface area contributed by atoms with Crippen LogP contribution in [0.4, 0.5) is 5.69 Å². The van der Waals surface area contributed by atoms with Crippen LogP contribution < -0.4 is 10.1 Å². The molecule has 0 bridgehead atoms. The summed E-state index contributed by atoms with van der Waals surface area (Å²) in [6.07, 6.45) is 1.73. The van der Waals surface area contributed by atoms with Crippen molar-refractivity contribution in [1.29, 1.82) is 0 Å². The van der Waals surface area contributed by atoms with Gasteiger partial charge in [0.1, 0.15) is 0 Å². The Balaban J connectivity index is 2.15. The number of nitrogens with zero attached hydrogens (tertiary/aromatic N) is 1. The van der Waals surface area contributed by atoms with Gasteiger partial charge in [-0.15, -0.1) is 0 Å². The molecular formula is C18H24N2O. The van der Waals surface area contributed by atoms with E-state index in [1.165, 1.54) is 11.1 Å². The fourth-order valence-corrected chi connectivity index (χ4v) is 2.25. The number of methoxy groups -OCH3 is 1. The second kappa shape index (κ2) is 6.17. The standard InChI is InChI=1S/C18H24N2O/c1-13(20-16-7-6-12-19-17(16)21-5)14-8-10-15(11-9-14)18(2,3)4/h6-13,20H,1-5H3. The normalized spacial score (nSPS) is 12.8. The Morgan fingerprint density at radius 3 is 2.33 bits per heavy atom. The van der Waals surface area contributed by atoms with Crippen molar-refractivity contribution in [2.24, 2.45) is 0 Å². The van der Waals surface area contributed by atoms with Gasteiger partial charge in [0, 0.05) is 12.2 Å². The fraction of sp³-hybridized carbons (Fsp3) is 0.389. The van der Waals surface area contributed by atoms with Crippen molar-refractivity contribution in [2.45, 2.75) is 39.2 Å². The molecule has 0 aliphatic carbocycles. The van der Waals surface area contributed by atoms with E-state index >= 15 is 0 Å². The predicted octanol–water partition coefficient (Wildman–Crippen LogP) is 4.56. The number of aromatic nitrogens is 1. The maximum atomic E-state index is 5.27. The zero-order valence-electron chi connectivity index (χ0n) is 13.5. The summed E-state index contributed by atoms with van der Waals surface area (Å²) in [7, 11) is 1.64. The molecule has 0 aliphatic rings. The highest BCUT2D eigenvalue weighted by molar-refractivity contribution is 5.53. The van der Waals surface area contributed by atoms with Crippen molar-refractivity contribution >= 4 is 5.69 Å². The van der Waals surface area contributed by atoms with Gasteiger partial charge in [-0.2, -0.15) is 0 Å². The third kappa shape index (κ3) is 3.75. The molecule has 0 amide bonds. The Labute approximate surface area is 127 Å². The second-order valence-electron chi connectivity index (χ2n) is 6.30. The van der Waals surface area contributed by atoms with Crippen LogP contribution in [0.2, 0.25) is 0 Å². The Hall–Kier alpha value is -2.03. The van der Waals surface area contributed by atoms with Crippen molar-refractivity contribution in [3.8, 4) is 5.88 Å². The third-order valence-electron chi connectivity index (χ3n) is 3.61. The van der Waals surface area contributed by atoms with E-state index in [1.54, 1.807) is 13.3 Å². The molecule has 3 heteroatoms. The molecule has 3 nitrogen and oxygen atoms in total. The van der Waals surface area contributed by atoms with Gasteiger partial charge in [-0.05, 0) is 35.6 Å². The average Bonchev–Trinajstić information content (AvgIpc) is 2.47. The van der Waals surface area contributed by atoms with Gasteiger partial charge in [0.15, 0.2) is 0 Å². The van der Waals surface area contributed by atoms with E-state index in [9.17, 15) is 0 Å². The highest BCUT2D eigenvalue weighted by atomic mass is 16.5. The van der Waals surface area contributed by atoms with Crippen LogP contribution in [0.1, 0.15) is 44.9 Å². The monoisotopic (exact) mass is 284 g/mol. The van der Waals surface area contributed by atoms with Crippen LogP contribution in [-0.2, 0) is 5.41 Å². The van der Waals surface area contributed by atoms with Crippen molar-refractivity contribution in [2.75, 3.05) is 12.4 Å². The topological polar surface area (TPSA) is 34.1 Å². The zero-order chi connectivity index (χ0) is 15.5. The van der Waals surface area contributed by atoms with Crippen LogP contribution in [0.15, 0.2) is 42.6 Å². The minimum atomic E-state index is 0.182. The lowest BCUT2D eigenvalue weighted by Crippen LogP contribution is -2.12. The summed E-state index contributed by atoms with van der Waals surface area (Å²) >= 11 is 0. The summed E-state index contributed by atoms with van der Waals surface area (Å²) in [6.45, 7) is 8.82. The van der Waals surface area contributed by atoms with E-state index in [4.69, 9.17) is 4.74 Å². The number of nitrogens with one attached hydrogen (secondary N) is 1. The van der Waals surface area contributed by atoms with E-state index in [-0.39, 0.29) is 11.5 Å². The summed E-state index contributed by atoms with van der Waals surface area (Å²) in [5.74, 6) is 0.621. The number of rotatable bonds is 4. The maximum absolute atomic E-state index is 5.27. The first kappa shape index (κ1) is 15.4. The first-order valence-corrected chi connectivity index (χ1v) is 7.28. The number of pyridine rings is 1. The van der Waals surface area contributed by atoms with Crippen molar-refractivity contribution in [1.82, 2.24) is 4.98 Å². The molecule has 1 unspecified atom stereocenters. The summed E-state index contributed by atoms with van der Waals surface area (Å²) in [4.78, 5) is 4.21. The van der Waals surface area contributed by atoms with Gasteiger partial charge in [-0.3, -0.25) is 0 Å². The first-order valence-electron chi connectivity index (χ1n) is 7.28. The number of hydrogen-bond donors (Lipinski definition) is 1. The van der Waals surface area contributed by atoms with Crippen LogP contribution in [0.25, 0.3) is 0 Å². The molecule has 0 saturated carbocycles. The molecule has 1 atom stereocenters. The van der Waals surface area contributed by atoms with E-state index in [0.717, 1.165) is 5.69 Å². The van der Waals surface area contributed by atoms with E-state index in [2.05, 4.69) is 62.3 Å². The lowest BCUT2D eigenvalue weighted by atomic mass is 9.86. The molecule has 1 aromatic carbocycles. The molecule has 112 valence electrons. The van der Waals surface area contributed by atoms with Crippen LogP contribution in [0.3, 0.4) is 0 Å². The molecule has 0 fully saturated rings. The van der Waals surface area contributed by atoms with E-state index in [1.807, 2.05) is 12.1 Å². The molecular weight excluding hydrogens is 260 g/mol. The second-order valence-corrected chi connectivity index (χ2v) is 6.30. The van der Waals surface area contributed by atoms with Gasteiger partial charge in [-0.25, -0.2) is 4.98 Å². The minimum Gasteiger partial charge on any atom is -0.480 e. The number of hydrogen-bond acceptors (Lipinski definition) is 3. The summed E-state index contributed by atoms with van der Waals surface area (Å²) < 4.78 is 5.27. The Morgan fingerprint density at radius 1 is 1.10 bits per heavy atom. The molecule has 0 saturated heterocycles. The van der Waals surface area contributed by atoms with Crippen molar-refractivity contribution in [3.05, 3.63) is 53.7 Å². The zero-order valence-corrected chi connectivity index (χ0v) is 13.5. The highest BCUT2D eigenvalue weighted by Gasteiger charge is 2.14. The Morgan fingerprint density at radius 2 is 1.76 bits per heavy atom. The van der Waals surface area contributed by atoms with Gasteiger partial charge in [0.05, 0.1) is 12.8 Å². The molecule has 1 heterocycles. The first-order chi connectivity index (χ1) is 9.91. The third-order valence-corrected chi connectivity index (χ3v) is 3.61. The van der Waals surface area contributed by atoms with Gasteiger partial charge >= 0.3 is 0 Å². The smallest absolute Gasteiger partial charge is 0.237 e. The predicted molar refractivity (Wildman–Crippen MR) is 88.0 cm³/mol. The number of anilines is 1. The van der Waals surface area contributed by atoms with Gasteiger partial charge in [-0.1, -0.05) is 45.0 Å². The molecule has 2 rings (SSSR count). The lowest BCUT2D eigenvalue weighted by molar-refractivity contribution is 0.399. The molecule has 1 aromatic heterocycles. The van der Waals surface area contributed by atoms with Gasteiger partial charge in [0.2, 0.25) is 5.88 Å². The Kier molecular flexibility index (Phi) is 4.51. The summed E-state index contributed by atoms with van der Waals surface area (Å²) in [6, 6.07) is 12.8. The molecule has 0 spiro atoms. The number of ether oxygens (including phenoxy) is 1. The highest BCUT2D eigenvalue weighted by Crippen LogP contribution is 2.27. The summed E-state index contributed by atoms with van der Waals surface area (Å²) in [5, 5.41) is 3.45. The Bertz CT molecular complexity index is 585. The fourth-order valence-electron chi connectivity index (χ4n) is 2.25. The molecule has 0 radical (unpaired) electrons. The molecule has 2 aromatic rings. The van der Waals surface area contributed by atoms with Crippen LogP contribution in [0, 0.1) is 0 Å². The minimum absolute atomic E-state index is 0.182. The van der Waals surface area contributed by atoms with E-state index < -0.39 is 0 Å². The lowest BCUT2D eigenvalue weighted by Gasteiger charge is -2.21. The molecule has 21 heavy (non-hydrogen) atoms. The summed E-state index contributed by atoms with van der Waals surface area (Å²) in [5.41, 5.74) is 3.68. The van der Waals surface area contributed by atoms with Gasteiger partial charge < -0.3 is 10.1 Å². The molecule has 0 aliphatic heterocycles. The van der Waals surface area contributed by atoms with E-state index in [0.29, 0.717) is 5.88 Å². The van der Waals surface area contributed by atoms with Crippen LogP contribution >= 0.6 is 0 Å². The van der Waals surface area contributed by atoms with Crippen molar-refractivity contribution in [3.63, 3.8) is 0 Å². The average molecular weight is 284 g/mol. The number of benzene rings is 1. The van der Waals surface area contributed by atoms with Crippen LogP contribution in [0.5, 0.6) is 5.88 Å². The molecule has 1 N–H and O–H groups in total. The van der Waals surface area contributed by atoms with Crippen LogP contribution in [-0.4, -0.2) is 12.1 Å². The van der Waals surface area contributed by atoms with Gasteiger partial charge in [0.25, 0.3) is 0 Å². The quantitative estimate of drug-likeness (QED) is 0.893. The SMILES string of the molecule is COc1ncccc1NC(C)c1ccc(C(C)(C)C)cc1. The largest absolute Gasteiger partial charge is 0.480 e. The van der Waals surface area contributed by atoms with Crippen molar-refractivity contribution < 1.29 is 4.74 Å².